The normalized spacial score (nSPS) is 10.8. The van der Waals surface area contributed by atoms with E-state index in [0.717, 1.165) is 0 Å². The van der Waals surface area contributed by atoms with Crippen molar-refractivity contribution >= 4 is 11.6 Å². The molecule has 2 N–H and O–H groups in total. The zero-order valence-electron chi connectivity index (χ0n) is 15.8. The average molecular weight is 354 g/mol. The van der Waals surface area contributed by atoms with Crippen LogP contribution in [0.2, 0.25) is 0 Å². The minimum Gasteiger partial charge on any atom is -0.507 e. The van der Waals surface area contributed by atoms with Gasteiger partial charge >= 0.3 is 0 Å². The van der Waals surface area contributed by atoms with Crippen LogP contribution in [-0.4, -0.2) is 21.8 Å². The van der Waals surface area contributed by atoms with Gasteiger partial charge in [0.25, 0.3) is 0 Å². The fraction of sp³-hybridized carbons (Fsp3) is 0.364. The minimum absolute atomic E-state index is 0.0278. The monoisotopic (exact) mass is 354 g/mol. The molecule has 0 radical (unpaired) electrons. The molecule has 0 saturated carbocycles. The Hall–Kier alpha value is -2.62. The number of Topliss-reactive ketones (excluding diaryl/α,β-unsaturated/α-hetero) is 2. The van der Waals surface area contributed by atoms with E-state index in [-0.39, 0.29) is 23.1 Å². The Morgan fingerprint density at radius 1 is 0.654 bits per heavy atom. The summed E-state index contributed by atoms with van der Waals surface area (Å²) in [6, 6.07) is 6.82. The van der Waals surface area contributed by atoms with Gasteiger partial charge in [0, 0.05) is 24.0 Å². The SMILES string of the molecule is Cc1cc(C(=O)CCCCC(=O)c2cc(C)c(O)c(C)c2)cc(C)c1O. The van der Waals surface area contributed by atoms with Crippen molar-refractivity contribution in [2.75, 3.05) is 0 Å². The lowest BCUT2D eigenvalue weighted by Gasteiger charge is -2.08. The van der Waals surface area contributed by atoms with E-state index in [1.165, 1.54) is 0 Å². The van der Waals surface area contributed by atoms with E-state index in [2.05, 4.69) is 0 Å². The first-order valence-electron chi connectivity index (χ1n) is 8.87. The number of hydrogen-bond donors (Lipinski definition) is 2. The topological polar surface area (TPSA) is 74.6 Å². The Bertz CT molecular complexity index is 732. The third-order valence-electron chi connectivity index (χ3n) is 4.68. The van der Waals surface area contributed by atoms with Crippen molar-refractivity contribution in [3.8, 4) is 11.5 Å². The molecule has 2 aromatic rings. The van der Waals surface area contributed by atoms with Crippen LogP contribution in [0.25, 0.3) is 0 Å². The zero-order valence-corrected chi connectivity index (χ0v) is 15.8. The molecule has 4 heteroatoms. The molecule has 0 atom stereocenters. The molecule has 0 spiro atoms. The number of aromatic hydroxyl groups is 2. The summed E-state index contributed by atoms with van der Waals surface area (Å²) in [7, 11) is 0. The molecule has 0 unspecified atom stereocenters. The van der Waals surface area contributed by atoms with Gasteiger partial charge in [0.2, 0.25) is 0 Å². The number of unbranched alkanes of at least 4 members (excludes halogenated alkanes) is 1. The van der Waals surface area contributed by atoms with Gasteiger partial charge in [-0.15, -0.1) is 0 Å². The lowest BCUT2D eigenvalue weighted by Crippen LogP contribution is -2.03. The van der Waals surface area contributed by atoms with Gasteiger partial charge in [0.1, 0.15) is 11.5 Å². The van der Waals surface area contributed by atoms with Crippen molar-refractivity contribution in [3.05, 3.63) is 57.6 Å². The van der Waals surface area contributed by atoms with Gasteiger partial charge in [-0.25, -0.2) is 0 Å². The fourth-order valence-corrected chi connectivity index (χ4v) is 3.09. The smallest absolute Gasteiger partial charge is 0.162 e. The molecule has 0 aliphatic carbocycles. The summed E-state index contributed by atoms with van der Waals surface area (Å²) in [4.78, 5) is 24.6. The Morgan fingerprint density at radius 3 is 1.19 bits per heavy atom. The number of carbonyl (C=O) groups is 2. The predicted octanol–water partition coefficient (Wildman–Crippen LogP) is 4.96. The molecule has 0 aromatic heterocycles. The summed E-state index contributed by atoms with van der Waals surface area (Å²) in [6.07, 6.45) is 2.04. The van der Waals surface area contributed by atoms with Crippen molar-refractivity contribution in [2.45, 2.75) is 53.4 Å². The van der Waals surface area contributed by atoms with E-state index >= 15 is 0 Å². The van der Waals surface area contributed by atoms with Gasteiger partial charge in [-0.1, -0.05) is 0 Å². The van der Waals surface area contributed by atoms with Crippen molar-refractivity contribution in [1.29, 1.82) is 0 Å². The molecule has 138 valence electrons. The molecule has 0 fully saturated rings. The summed E-state index contributed by atoms with van der Waals surface area (Å²) in [6.45, 7) is 7.11. The third kappa shape index (κ3) is 4.51. The predicted molar refractivity (Wildman–Crippen MR) is 102 cm³/mol. The molecule has 0 saturated heterocycles. The summed E-state index contributed by atoms with van der Waals surface area (Å²) >= 11 is 0. The van der Waals surface area contributed by atoms with Crippen LogP contribution in [0.4, 0.5) is 0 Å². The second kappa shape index (κ2) is 8.17. The van der Waals surface area contributed by atoms with E-state index in [9.17, 15) is 19.8 Å². The second-order valence-electron chi connectivity index (χ2n) is 6.97. The quantitative estimate of drug-likeness (QED) is 0.544. The second-order valence-corrected chi connectivity index (χ2v) is 6.97. The summed E-state index contributed by atoms with van der Waals surface area (Å²) in [5.41, 5.74) is 3.99. The largest absolute Gasteiger partial charge is 0.507 e. The van der Waals surface area contributed by atoms with Crippen molar-refractivity contribution in [3.63, 3.8) is 0 Å². The van der Waals surface area contributed by atoms with Crippen LogP contribution in [0.5, 0.6) is 11.5 Å². The standard InChI is InChI=1S/C22H26O4/c1-13-9-17(10-14(2)21(13)25)19(23)7-5-6-8-20(24)18-11-15(3)22(26)16(4)12-18/h9-12,25-26H,5-8H2,1-4H3. The van der Waals surface area contributed by atoms with Crippen molar-refractivity contribution in [1.82, 2.24) is 0 Å². The number of phenols is 2. The number of aryl methyl sites for hydroxylation is 4. The molecule has 2 aromatic carbocycles. The number of ketones is 2. The van der Waals surface area contributed by atoms with Crippen molar-refractivity contribution in [2.24, 2.45) is 0 Å². The number of rotatable bonds is 7. The first-order chi connectivity index (χ1) is 12.2. The highest BCUT2D eigenvalue weighted by Crippen LogP contribution is 2.25. The van der Waals surface area contributed by atoms with Crippen LogP contribution in [0.3, 0.4) is 0 Å². The summed E-state index contributed by atoms with van der Waals surface area (Å²) in [5, 5.41) is 19.6. The third-order valence-corrected chi connectivity index (χ3v) is 4.68. The van der Waals surface area contributed by atoms with Gasteiger partial charge in [-0.05, 0) is 87.1 Å². The molecule has 26 heavy (non-hydrogen) atoms. The summed E-state index contributed by atoms with van der Waals surface area (Å²) in [5.74, 6) is 0.512. The first-order valence-corrected chi connectivity index (χ1v) is 8.87. The van der Waals surface area contributed by atoms with Crippen LogP contribution >= 0.6 is 0 Å². The van der Waals surface area contributed by atoms with Crippen LogP contribution in [0.1, 0.15) is 68.7 Å². The van der Waals surface area contributed by atoms with Crippen molar-refractivity contribution < 1.29 is 19.8 Å². The molecule has 0 amide bonds. The Morgan fingerprint density at radius 2 is 0.923 bits per heavy atom. The van der Waals surface area contributed by atoms with E-state index in [1.54, 1.807) is 52.0 Å². The van der Waals surface area contributed by atoms with Gasteiger partial charge in [-0.3, -0.25) is 9.59 Å². The van der Waals surface area contributed by atoms with Crippen LogP contribution < -0.4 is 0 Å². The number of carbonyl (C=O) groups excluding carboxylic acids is 2. The number of benzene rings is 2. The number of hydrogen-bond acceptors (Lipinski definition) is 4. The maximum atomic E-state index is 12.3. The lowest BCUT2D eigenvalue weighted by atomic mass is 9.97. The molecule has 0 aliphatic heterocycles. The lowest BCUT2D eigenvalue weighted by molar-refractivity contribution is 0.0954. The molecule has 4 nitrogen and oxygen atoms in total. The van der Waals surface area contributed by atoms with Crippen LogP contribution in [0, 0.1) is 27.7 Å². The zero-order chi connectivity index (χ0) is 19.4. The maximum absolute atomic E-state index is 12.3. The van der Waals surface area contributed by atoms with Gasteiger partial charge in [0.15, 0.2) is 11.6 Å². The van der Waals surface area contributed by atoms with Gasteiger partial charge in [-0.2, -0.15) is 0 Å². The molecular formula is C22H26O4. The fourth-order valence-electron chi connectivity index (χ4n) is 3.09. The molecule has 0 aliphatic rings. The van der Waals surface area contributed by atoms with E-state index in [0.29, 0.717) is 59.1 Å². The van der Waals surface area contributed by atoms with Crippen LogP contribution in [-0.2, 0) is 0 Å². The molecule has 2 rings (SSSR count). The molecular weight excluding hydrogens is 328 g/mol. The van der Waals surface area contributed by atoms with E-state index in [1.807, 2.05) is 0 Å². The Labute approximate surface area is 154 Å². The van der Waals surface area contributed by atoms with Gasteiger partial charge in [0.05, 0.1) is 0 Å². The van der Waals surface area contributed by atoms with E-state index in [4.69, 9.17) is 0 Å². The number of phenolic OH excluding ortho intramolecular Hbond substituents is 2. The van der Waals surface area contributed by atoms with E-state index < -0.39 is 0 Å². The van der Waals surface area contributed by atoms with Gasteiger partial charge < -0.3 is 10.2 Å². The highest BCUT2D eigenvalue weighted by atomic mass is 16.3. The highest BCUT2D eigenvalue weighted by molar-refractivity contribution is 5.97. The minimum atomic E-state index is 0.0278. The summed E-state index contributed by atoms with van der Waals surface area (Å²) < 4.78 is 0. The maximum Gasteiger partial charge on any atom is 0.162 e. The molecule has 0 heterocycles. The highest BCUT2D eigenvalue weighted by Gasteiger charge is 2.12. The first kappa shape index (κ1) is 19.7. The Balaban J connectivity index is 1.88. The van der Waals surface area contributed by atoms with Crippen LogP contribution in [0.15, 0.2) is 24.3 Å². The average Bonchev–Trinajstić information content (AvgIpc) is 2.59. The Kier molecular flexibility index (Phi) is 6.19. The molecule has 0 bridgehead atoms.